The third-order valence-corrected chi connectivity index (χ3v) is 7.57. The lowest BCUT2D eigenvalue weighted by atomic mass is 9.91. The summed E-state index contributed by atoms with van der Waals surface area (Å²) in [5.74, 6) is 1.65. The average molecular weight is 553 g/mol. The van der Waals surface area contributed by atoms with Crippen LogP contribution >= 0.6 is 35.3 Å². The number of hydrogen-bond donors (Lipinski definition) is 1. The Morgan fingerprint density at radius 3 is 2.74 bits per heavy atom. The molecule has 0 spiro atoms. The van der Waals surface area contributed by atoms with Crippen LogP contribution in [-0.4, -0.2) is 50.0 Å². The van der Waals surface area contributed by atoms with Gasteiger partial charge in [0.15, 0.2) is 5.96 Å². The van der Waals surface area contributed by atoms with Crippen molar-refractivity contribution in [3.05, 3.63) is 52.2 Å². The fourth-order valence-electron chi connectivity index (χ4n) is 4.54. The van der Waals surface area contributed by atoms with Gasteiger partial charge in [-0.05, 0) is 35.9 Å². The van der Waals surface area contributed by atoms with E-state index in [0.29, 0.717) is 18.2 Å². The van der Waals surface area contributed by atoms with E-state index >= 15 is 0 Å². The van der Waals surface area contributed by atoms with Crippen LogP contribution in [0.5, 0.6) is 0 Å². The Labute approximate surface area is 206 Å². The summed E-state index contributed by atoms with van der Waals surface area (Å²) in [6.45, 7) is 8.03. The maximum absolute atomic E-state index is 12.0. The van der Waals surface area contributed by atoms with Crippen molar-refractivity contribution in [3.63, 3.8) is 0 Å². The average Bonchev–Trinajstić information content (AvgIpc) is 3.48. The number of nitrogens with one attached hydrogen (secondary N) is 1. The number of rotatable bonds is 6. The fraction of sp³-hybridized carbons (Fsp3) is 0.500. The molecule has 1 atom stereocenters. The number of likely N-dealkylation sites (tertiary alicyclic amines) is 1. The van der Waals surface area contributed by atoms with Crippen LogP contribution in [0.4, 0.5) is 5.69 Å². The molecule has 168 valence electrons. The highest BCUT2D eigenvalue weighted by molar-refractivity contribution is 14.0. The lowest BCUT2D eigenvalue weighted by Gasteiger charge is -2.28. The Kier molecular flexibility index (Phi) is 8.02. The molecule has 1 saturated heterocycles. The molecule has 0 saturated carbocycles. The van der Waals surface area contributed by atoms with Crippen LogP contribution in [-0.2, 0) is 10.2 Å². The minimum Gasteiger partial charge on any atom is -0.355 e. The zero-order chi connectivity index (χ0) is 21.1. The molecule has 5 nitrogen and oxygen atoms in total. The number of nitrogens with zero attached hydrogens (tertiary/aromatic N) is 3. The van der Waals surface area contributed by atoms with Crippen LogP contribution < -0.4 is 10.2 Å². The number of hydrogen-bond acceptors (Lipinski definition) is 3. The molecule has 1 aromatic heterocycles. The molecular weight excluding hydrogens is 519 g/mol. The maximum atomic E-state index is 12.0. The second-order valence-corrected chi connectivity index (χ2v) is 9.85. The van der Waals surface area contributed by atoms with Gasteiger partial charge in [-0.1, -0.05) is 38.1 Å². The van der Waals surface area contributed by atoms with E-state index in [4.69, 9.17) is 0 Å². The molecule has 1 amide bonds. The SMILES string of the molecule is CN=C(NCC(C)(C)c1cccs1)N1CC(CCN2CCCC2=O)c2ccccc21.I. The summed E-state index contributed by atoms with van der Waals surface area (Å²) < 4.78 is 0. The number of amides is 1. The van der Waals surface area contributed by atoms with E-state index in [-0.39, 0.29) is 29.4 Å². The number of anilines is 1. The van der Waals surface area contributed by atoms with Crippen LogP contribution in [0, 0.1) is 0 Å². The number of para-hydroxylation sites is 1. The van der Waals surface area contributed by atoms with Crippen molar-refractivity contribution in [2.24, 2.45) is 4.99 Å². The zero-order valence-corrected chi connectivity index (χ0v) is 21.8. The first kappa shape index (κ1) is 24.0. The Bertz CT molecular complexity index is 912. The van der Waals surface area contributed by atoms with Crippen molar-refractivity contribution in [3.8, 4) is 0 Å². The summed E-state index contributed by atoms with van der Waals surface area (Å²) in [7, 11) is 1.86. The predicted octanol–water partition coefficient (Wildman–Crippen LogP) is 4.84. The van der Waals surface area contributed by atoms with E-state index in [1.54, 1.807) is 11.3 Å². The van der Waals surface area contributed by atoms with Gasteiger partial charge in [0, 0.05) is 61.5 Å². The van der Waals surface area contributed by atoms with Crippen LogP contribution in [0.15, 0.2) is 46.8 Å². The van der Waals surface area contributed by atoms with Crippen molar-refractivity contribution in [2.75, 3.05) is 38.1 Å². The summed E-state index contributed by atoms with van der Waals surface area (Å²) in [5, 5.41) is 5.76. The molecule has 1 unspecified atom stereocenters. The topological polar surface area (TPSA) is 47.9 Å². The predicted molar refractivity (Wildman–Crippen MR) is 141 cm³/mol. The van der Waals surface area contributed by atoms with Gasteiger partial charge in [0.25, 0.3) is 0 Å². The first-order chi connectivity index (χ1) is 14.5. The smallest absolute Gasteiger partial charge is 0.222 e. The monoisotopic (exact) mass is 552 g/mol. The van der Waals surface area contributed by atoms with Crippen molar-refractivity contribution in [1.29, 1.82) is 0 Å². The van der Waals surface area contributed by atoms with Crippen LogP contribution in [0.1, 0.15) is 49.5 Å². The van der Waals surface area contributed by atoms with Crippen molar-refractivity contribution in [1.82, 2.24) is 10.2 Å². The number of benzene rings is 1. The van der Waals surface area contributed by atoms with Crippen LogP contribution in [0.3, 0.4) is 0 Å². The molecule has 2 aromatic rings. The Morgan fingerprint density at radius 1 is 1.26 bits per heavy atom. The quantitative estimate of drug-likeness (QED) is 0.317. The molecular formula is C24H33IN4OS. The molecule has 31 heavy (non-hydrogen) atoms. The second-order valence-electron chi connectivity index (χ2n) is 8.90. The number of halogens is 1. The van der Waals surface area contributed by atoms with E-state index in [9.17, 15) is 4.79 Å². The highest BCUT2D eigenvalue weighted by Crippen LogP contribution is 2.38. The molecule has 1 fully saturated rings. The number of carbonyl (C=O) groups is 1. The highest BCUT2D eigenvalue weighted by atomic mass is 127. The van der Waals surface area contributed by atoms with Gasteiger partial charge >= 0.3 is 0 Å². The van der Waals surface area contributed by atoms with E-state index < -0.39 is 0 Å². The summed E-state index contributed by atoms with van der Waals surface area (Å²) >= 11 is 1.80. The number of aliphatic imine (C=N–C) groups is 1. The van der Waals surface area contributed by atoms with Crippen molar-refractivity contribution in [2.45, 2.75) is 44.4 Å². The molecule has 0 aliphatic carbocycles. The lowest BCUT2D eigenvalue weighted by molar-refractivity contribution is -0.127. The molecule has 4 rings (SSSR count). The second kappa shape index (κ2) is 10.3. The first-order valence-corrected chi connectivity index (χ1v) is 11.8. The molecule has 1 N–H and O–H groups in total. The number of carbonyl (C=O) groups excluding carboxylic acids is 1. The first-order valence-electron chi connectivity index (χ1n) is 10.9. The molecule has 3 heterocycles. The molecule has 7 heteroatoms. The summed E-state index contributed by atoms with van der Waals surface area (Å²) in [6.07, 6.45) is 2.71. The van der Waals surface area contributed by atoms with Gasteiger partial charge in [-0.3, -0.25) is 9.79 Å². The van der Waals surface area contributed by atoms with Gasteiger partial charge in [0.05, 0.1) is 0 Å². The number of fused-ring (bicyclic) bond motifs is 1. The fourth-order valence-corrected chi connectivity index (χ4v) is 5.39. The maximum Gasteiger partial charge on any atom is 0.222 e. The highest BCUT2D eigenvalue weighted by Gasteiger charge is 2.33. The Balaban J connectivity index is 0.00000272. The van der Waals surface area contributed by atoms with Gasteiger partial charge in [0.1, 0.15) is 0 Å². The largest absolute Gasteiger partial charge is 0.355 e. The molecule has 1 aromatic carbocycles. The van der Waals surface area contributed by atoms with Gasteiger partial charge in [-0.25, -0.2) is 0 Å². The van der Waals surface area contributed by atoms with Crippen molar-refractivity contribution >= 4 is 52.9 Å². The minimum absolute atomic E-state index is 0. The van der Waals surface area contributed by atoms with Gasteiger partial charge in [-0.2, -0.15) is 0 Å². The third kappa shape index (κ3) is 5.25. The minimum atomic E-state index is 0. The van der Waals surface area contributed by atoms with Gasteiger partial charge < -0.3 is 15.1 Å². The standard InChI is InChI=1S/C24H32N4OS.HI/c1-24(2,21-10-7-15-30-21)17-26-23(25-3)28-16-18(19-8-4-5-9-20(19)28)12-14-27-13-6-11-22(27)29;/h4-5,7-10,15,18H,6,11-14,16-17H2,1-3H3,(H,25,26);1H. The lowest BCUT2D eigenvalue weighted by Crippen LogP contribution is -2.45. The van der Waals surface area contributed by atoms with Gasteiger partial charge in [0.2, 0.25) is 5.91 Å². The van der Waals surface area contributed by atoms with E-state index in [1.165, 1.54) is 16.1 Å². The normalized spacial score (nSPS) is 18.9. The Hall–Kier alpha value is -1.61. The number of thiophene rings is 1. The van der Waals surface area contributed by atoms with E-state index in [1.807, 2.05) is 11.9 Å². The molecule has 2 aliphatic heterocycles. The Morgan fingerprint density at radius 2 is 2.06 bits per heavy atom. The van der Waals surface area contributed by atoms with E-state index in [0.717, 1.165) is 45.0 Å². The number of guanidine groups is 1. The summed E-state index contributed by atoms with van der Waals surface area (Å²) in [6, 6.07) is 13.0. The third-order valence-electron chi connectivity index (χ3n) is 6.33. The summed E-state index contributed by atoms with van der Waals surface area (Å²) in [4.78, 5) is 22.3. The van der Waals surface area contributed by atoms with Gasteiger partial charge in [-0.15, -0.1) is 35.3 Å². The van der Waals surface area contributed by atoms with E-state index in [2.05, 4.69) is 70.8 Å². The summed E-state index contributed by atoms with van der Waals surface area (Å²) in [5.41, 5.74) is 2.64. The molecule has 0 bridgehead atoms. The molecule has 0 radical (unpaired) electrons. The van der Waals surface area contributed by atoms with Crippen LogP contribution in [0.25, 0.3) is 0 Å². The van der Waals surface area contributed by atoms with Crippen LogP contribution in [0.2, 0.25) is 0 Å². The molecule has 2 aliphatic rings. The zero-order valence-electron chi connectivity index (χ0n) is 18.6. The van der Waals surface area contributed by atoms with Crippen molar-refractivity contribution < 1.29 is 4.79 Å².